The summed E-state index contributed by atoms with van der Waals surface area (Å²) in [5.41, 5.74) is 1.33. The second-order valence-corrected chi connectivity index (χ2v) is 4.75. The first kappa shape index (κ1) is 10.7. The van der Waals surface area contributed by atoms with Crippen LogP contribution in [0.4, 0.5) is 0 Å². The second kappa shape index (κ2) is 4.80. The van der Waals surface area contributed by atoms with Gasteiger partial charge in [-0.25, -0.2) is 0 Å². The lowest BCUT2D eigenvalue weighted by Gasteiger charge is -2.20. The molecule has 1 nitrogen and oxygen atoms in total. The SMILES string of the molecule is O=C1CCC(Cc2ccc(Cl)cc2)CC1. The number of hydrogen-bond acceptors (Lipinski definition) is 1. The zero-order chi connectivity index (χ0) is 10.7. The first-order valence-electron chi connectivity index (χ1n) is 5.50. The van der Waals surface area contributed by atoms with Gasteiger partial charge in [0.1, 0.15) is 5.78 Å². The van der Waals surface area contributed by atoms with E-state index in [0.29, 0.717) is 11.7 Å². The standard InChI is InChI=1S/C13H15ClO/c14-12-5-1-10(2-6-12)9-11-3-7-13(15)8-4-11/h1-2,5-6,11H,3-4,7-9H2. The molecular formula is C13H15ClO. The number of hydrogen-bond donors (Lipinski definition) is 0. The molecule has 1 fully saturated rings. The van der Waals surface area contributed by atoms with Gasteiger partial charge in [0.05, 0.1) is 0 Å². The highest BCUT2D eigenvalue weighted by Gasteiger charge is 2.18. The summed E-state index contributed by atoms with van der Waals surface area (Å²) in [6.45, 7) is 0. The maximum atomic E-state index is 11.1. The molecule has 2 heteroatoms. The fourth-order valence-corrected chi connectivity index (χ4v) is 2.28. The zero-order valence-corrected chi connectivity index (χ0v) is 9.46. The maximum Gasteiger partial charge on any atom is 0.132 e. The third-order valence-electron chi connectivity index (χ3n) is 3.10. The molecule has 0 aromatic heterocycles. The van der Waals surface area contributed by atoms with Gasteiger partial charge >= 0.3 is 0 Å². The van der Waals surface area contributed by atoms with Gasteiger partial charge in [-0.3, -0.25) is 4.79 Å². The summed E-state index contributed by atoms with van der Waals surface area (Å²) in [5, 5.41) is 0.789. The highest BCUT2D eigenvalue weighted by atomic mass is 35.5. The number of rotatable bonds is 2. The first-order valence-corrected chi connectivity index (χ1v) is 5.88. The lowest BCUT2D eigenvalue weighted by Crippen LogP contribution is -2.15. The molecule has 0 atom stereocenters. The van der Waals surface area contributed by atoms with Crippen LogP contribution in [-0.4, -0.2) is 5.78 Å². The molecular weight excluding hydrogens is 208 g/mol. The van der Waals surface area contributed by atoms with Crippen LogP contribution in [0.25, 0.3) is 0 Å². The molecule has 0 unspecified atom stereocenters. The number of benzene rings is 1. The topological polar surface area (TPSA) is 17.1 Å². The third kappa shape index (κ3) is 3.07. The molecule has 0 radical (unpaired) electrons. The molecule has 0 amide bonds. The summed E-state index contributed by atoms with van der Waals surface area (Å²) < 4.78 is 0. The predicted molar refractivity (Wildman–Crippen MR) is 62.1 cm³/mol. The van der Waals surface area contributed by atoms with Crippen molar-refractivity contribution in [1.29, 1.82) is 0 Å². The van der Waals surface area contributed by atoms with Crippen molar-refractivity contribution < 1.29 is 4.79 Å². The molecule has 1 saturated carbocycles. The molecule has 2 rings (SSSR count). The monoisotopic (exact) mass is 222 g/mol. The largest absolute Gasteiger partial charge is 0.300 e. The van der Waals surface area contributed by atoms with Crippen LogP contribution < -0.4 is 0 Å². The van der Waals surface area contributed by atoms with Gasteiger partial charge in [-0.2, -0.15) is 0 Å². The zero-order valence-electron chi connectivity index (χ0n) is 8.71. The molecule has 0 aliphatic heterocycles. The number of carbonyl (C=O) groups is 1. The van der Waals surface area contributed by atoms with Crippen molar-refractivity contribution >= 4 is 17.4 Å². The van der Waals surface area contributed by atoms with Gasteiger partial charge < -0.3 is 0 Å². The van der Waals surface area contributed by atoms with Crippen molar-refractivity contribution in [2.75, 3.05) is 0 Å². The normalized spacial score (nSPS) is 18.1. The van der Waals surface area contributed by atoms with Crippen molar-refractivity contribution in [2.24, 2.45) is 5.92 Å². The van der Waals surface area contributed by atoms with Gasteiger partial charge in [-0.05, 0) is 42.9 Å². The van der Waals surface area contributed by atoms with Gasteiger partial charge in [-0.15, -0.1) is 0 Å². The van der Waals surface area contributed by atoms with Crippen LogP contribution in [0.5, 0.6) is 0 Å². The van der Waals surface area contributed by atoms with Crippen LogP contribution in [0.2, 0.25) is 5.02 Å². The van der Waals surface area contributed by atoms with Crippen molar-refractivity contribution in [3.63, 3.8) is 0 Å². The van der Waals surface area contributed by atoms with E-state index in [1.807, 2.05) is 12.1 Å². The summed E-state index contributed by atoms with van der Waals surface area (Å²) in [6, 6.07) is 8.03. The van der Waals surface area contributed by atoms with E-state index in [2.05, 4.69) is 12.1 Å². The van der Waals surface area contributed by atoms with Gasteiger partial charge in [0.15, 0.2) is 0 Å². The Hall–Kier alpha value is -0.820. The quantitative estimate of drug-likeness (QED) is 0.747. The Bertz CT molecular complexity index is 332. The Balaban J connectivity index is 1.91. The van der Waals surface area contributed by atoms with E-state index in [9.17, 15) is 4.79 Å². The molecule has 1 aliphatic rings. The fourth-order valence-electron chi connectivity index (χ4n) is 2.16. The summed E-state index contributed by atoms with van der Waals surface area (Å²) in [4.78, 5) is 11.1. The lowest BCUT2D eigenvalue weighted by atomic mass is 9.84. The molecule has 1 aliphatic carbocycles. The van der Waals surface area contributed by atoms with E-state index in [1.54, 1.807) is 0 Å². The van der Waals surface area contributed by atoms with E-state index in [0.717, 1.165) is 37.1 Å². The molecule has 1 aromatic rings. The molecule has 0 spiro atoms. The van der Waals surface area contributed by atoms with Gasteiger partial charge in [0.2, 0.25) is 0 Å². The van der Waals surface area contributed by atoms with Crippen LogP contribution in [0.3, 0.4) is 0 Å². The van der Waals surface area contributed by atoms with Crippen LogP contribution in [0, 0.1) is 5.92 Å². The minimum Gasteiger partial charge on any atom is -0.300 e. The Labute approximate surface area is 95.4 Å². The Morgan fingerprint density at radius 1 is 1.13 bits per heavy atom. The maximum absolute atomic E-state index is 11.1. The summed E-state index contributed by atoms with van der Waals surface area (Å²) in [7, 11) is 0. The second-order valence-electron chi connectivity index (χ2n) is 4.31. The highest BCUT2D eigenvalue weighted by Crippen LogP contribution is 2.25. The minimum atomic E-state index is 0.433. The average Bonchev–Trinajstić information content (AvgIpc) is 2.25. The number of ketones is 1. The lowest BCUT2D eigenvalue weighted by molar-refractivity contribution is -0.120. The van der Waals surface area contributed by atoms with Crippen molar-refractivity contribution in [2.45, 2.75) is 32.1 Å². The smallest absolute Gasteiger partial charge is 0.132 e. The Morgan fingerprint density at radius 3 is 2.33 bits per heavy atom. The van der Waals surface area contributed by atoms with E-state index >= 15 is 0 Å². The fraction of sp³-hybridized carbons (Fsp3) is 0.462. The summed E-state index contributed by atoms with van der Waals surface area (Å²) in [5.74, 6) is 1.12. The van der Waals surface area contributed by atoms with Crippen LogP contribution >= 0.6 is 11.6 Å². The molecule has 0 saturated heterocycles. The van der Waals surface area contributed by atoms with Gasteiger partial charge in [-0.1, -0.05) is 23.7 Å². The highest BCUT2D eigenvalue weighted by molar-refractivity contribution is 6.30. The Kier molecular flexibility index (Phi) is 3.42. The van der Waals surface area contributed by atoms with Crippen molar-refractivity contribution in [3.8, 4) is 0 Å². The first-order chi connectivity index (χ1) is 7.24. The Morgan fingerprint density at radius 2 is 1.73 bits per heavy atom. The predicted octanol–water partition coefficient (Wildman–Crippen LogP) is 3.64. The average molecular weight is 223 g/mol. The third-order valence-corrected chi connectivity index (χ3v) is 3.35. The van der Waals surface area contributed by atoms with Gasteiger partial charge in [0.25, 0.3) is 0 Å². The van der Waals surface area contributed by atoms with E-state index in [4.69, 9.17) is 11.6 Å². The van der Waals surface area contributed by atoms with Crippen molar-refractivity contribution in [1.82, 2.24) is 0 Å². The van der Waals surface area contributed by atoms with Crippen LogP contribution in [0.15, 0.2) is 24.3 Å². The van der Waals surface area contributed by atoms with E-state index < -0.39 is 0 Å². The van der Waals surface area contributed by atoms with Gasteiger partial charge in [0, 0.05) is 17.9 Å². The van der Waals surface area contributed by atoms with E-state index in [1.165, 1.54) is 5.56 Å². The summed E-state index contributed by atoms with van der Waals surface area (Å²) >= 11 is 5.83. The number of halogens is 1. The molecule has 0 N–H and O–H groups in total. The molecule has 15 heavy (non-hydrogen) atoms. The molecule has 0 heterocycles. The molecule has 80 valence electrons. The van der Waals surface area contributed by atoms with E-state index in [-0.39, 0.29) is 0 Å². The number of Topliss-reactive ketones (excluding diaryl/α,β-unsaturated/α-hetero) is 1. The molecule has 0 bridgehead atoms. The molecule has 1 aromatic carbocycles. The van der Waals surface area contributed by atoms with Crippen LogP contribution in [-0.2, 0) is 11.2 Å². The minimum absolute atomic E-state index is 0.433. The number of carbonyl (C=O) groups excluding carboxylic acids is 1. The van der Waals surface area contributed by atoms with Crippen molar-refractivity contribution in [3.05, 3.63) is 34.9 Å². The summed E-state index contributed by atoms with van der Waals surface area (Å²) in [6.07, 6.45) is 4.75. The van der Waals surface area contributed by atoms with Crippen LogP contribution in [0.1, 0.15) is 31.2 Å².